The lowest BCUT2D eigenvalue weighted by molar-refractivity contribution is 0.365. The fourth-order valence-corrected chi connectivity index (χ4v) is 4.18. The quantitative estimate of drug-likeness (QED) is 0.808. The van der Waals surface area contributed by atoms with E-state index in [4.69, 9.17) is 5.73 Å². The Morgan fingerprint density at radius 2 is 2.31 bits per heavy atom. The van der Waals surface area contributed by atoms with Crippen LogP contribution >= 0.6 is 27.3 Å². The van der Waals surface area contributed by atoms with Crippen LogP contribution in [0.3, 0.4) is 0 Å². The van der Waals surface area contributed by atoms with Gasteiger partial charge in [-0.1, -0.05) is 19.8 Å². The van der Waals surface area contributed by atoms with Gasteiger partial charge in [0.05, 0.1) is 0 Å². The number of halogens is 1. The highest BCUT2D eigenvalue weighted by Crippen LogP contribution is 2.33. The first-order valence-corrected chi connectivity index (χ1v) is 7.76. The first-order chi connectivity index (χ1) is 7.57. The van der Waals surface area contributed by atoms with Gasteiger partial charge in [-0.15, -0.1) is 11.3 Å². The Labute approximate surface area is 111 Å². The second kappa shape index (κ2) is 5.19. The lowest BCUT2D eigenvalue weighted by Crippen LogP contribution is -2.41. The van der Waals surface area contributed by atoms with Gasteiger partial charge in [0.1, 0.15) is 0 Å². The lowest BCUT2D eigenvalue weighted by atomic mass is 9.87. The highest BCUT2D eigenvalue weighted by molar-refractivity contribution is 9.10. The maximum absolute atomic E-state index is 6.55. The van der Waals surface area contributed by atoms with Crippen molar-refractivity contribution in [3.05, 3.63) is 20.8 Å². The maximum Gasteiger partial charge on any atom is 0.0285 e. The van der Waals surface area contributed by atoms with Crippen molar-refractivity contribution in [1.82, 2.24) is 0 Å². The average molecular weight is 302 g/mol. The van der Waals surface area contributed by atoms with E-state index in [1.54, 1.807) is 0 Å². The van der Waals surface area contributed by atoms with E-state index in [0.717, 1.165) is 12.3 Å². The molecule has 1 aliphatic rings. The normalized spacial score (nSPS) is 31.3. The Morgan fingerprint density at radius 3 is 3.00 bits per heavy atom. The second-order valence-electron chi connectivity index (χ2n) is 5.31. The van der Waals surface area contributed by atoms with E-state index in [0.29, 0.717) is 0 Å². The zero-order chi connectivity index (χ0) is 11.6. The van der Waals surface area contributed by atoms with Crippen LogP contribution in [0, 0.1) is 5.92 Å². The van der Waals surface area contributed by atoms with E-state index in [-0.39, 0.29) is 5.54 Å². The maximum atomic E-state index is 6.55. The van der Waals surface area contributed by atoms with E-state index in [1.807, 2.05) is 11.3 Å². The van der Waals surface area contributed by atoms with E-state index >= 15 is 0 Å². The first-order valence-electron chi connectivity index (χ1n) is 6.09. The Morgan fingerprint density at radius 1 is 1.50 bits per heavy atom. The summed E-state index contributed by atoms with van der Waals surface area (Å²) in [5.41, 5.74) is 6.60. The summed E-state index contributed by atoms with van der Waals surface area (Å²) < 4.78 is 1.19. The minimum absolute atomic E-state index is 0.0506. The van der Waals surface area contributed by atoms with Crippen molar-refractivity contribution >= 4 is 27.3 Å². The molecule has 0 saturated heterocycles. The van der Waals surface area contributed by atoms with Gasteiger partial charge in [-0.25, -0.2) is 0 Å². The molecule has 0 bridgehead atoms. The van der Waals surface area contributed by atoms with Crippen LogP contribution in [-0.4, -0.2) is 5.54 Å². The van der Waals surface area contributed by atoms with Crippen LogP contribution in [0.4, 0.5) is 0 Å². The van der Waals surface area contributed by atoms with Crippen LogP contribution in [0.1, 0.15) is 43.9 Å². The van der Waals surface area contributed by atoms with E-state index in [2.05, 4.69) is 34.3 Å². The molecule has 0 radical (unpaired) electrons. The first kappa shape index (κ1) is 12.6. The monoisotopic (exact) mass is 301 g/mol. The highest BCUT2D eigenvalue weighted by atomic mass is 79.9. The standard InChI is InChI=1S/C13H20BrNS/c1-10-3-2-5-13(15,6-4-10)8-12-7-11(14)9-16-12/h7,9-10H,2-6,8,15H2,1H3. The van der Waals surface area contributed by atoms with Gasteiger partial charge < -0.3 is 5.73 Å². The van der Waals surface area contributed by atoms with Crippen molar-refractivity contribution in [2.45, 2.75) is 51.0 Å². The van der Waals surface area contributed by atoms with Crippen LogP contribution < -0.4 is 5.73 Å². The summed E-state index contributed by atoms with van der Waals surface area (Å²) in [5.74, 6) is 0.862. The van der Waals surface area contributed by atoms with Crippen molar-refractivity contribution in [2.24, 2.45) is 11.7 Å². The third-order valence-electron chi connectivity index (χ3n) is 3.65. The molecule has 0 aromatic carbocycles. The molecule has 1 aliphatic carbocycles. The molecule has 1 saturated carbocycles. The molecule has 1 aromatic heterocycles. The molecule has 0 amide bonds. The van der Waals surface area contributed by atoms with Gasteiger partial charge in [-0.3, -0.25) is 0 Å². The molecule has 1 fully saturated rings. The van der Waals surface area contributed by atoms with Gasteiger partial charge in [0.25, 0.3) is 0 Å². The zero-order valence-electron chi connectivity index (χ0n) is 9.84. The molecule has 0 aliphatic heterocycles. The van der Waals surface area contributed by atoms with Gasteiger partial charge in [0.2, 0.25) is 0 Å². The zero-order valence-corrected chi connectivity index (χ0v) is 12.2. The van der Waals surface area contributed by atoms with Gasteiger partial charge in [-0.2, -0.15) is 0 Å². The highest BCUT2D eigenvalue weighted by Gasteiger charge is 2.28. The summed E-state index contributed by atoms with van der Waals surface area (Å²) in [6.45, 7) is 2.35. The lowest BCUT2D eigenvalue weighted by Gasteiger charge is -2.27. The number of rotatable bonds is 2. The third kappa shape index (κ3) is 3.31. The molecule has 90 valence electrons. The number of hydrogen-bond donors (Lipinski definition) is 1. The summed E-state index contributed by atoms with van der Waals surface area (Å²) in [4.78, 5) is 1.42. The van der Waals surface area contributed by atoms with Crippen LogP contribution in [0.2, 0.25) is 0 Å². The van der Waals surface area contributed by atoms with Crippen LogP contribution in [-0.2, 0) is 6.42 Å². The van der Waals surface area contributed by atoms with Gasteiger partial charge in [0, 0.05) is 20.3 Å². The molecular weight excluding hydrogens is 282 g/mol. The van der Waals surface area contributed by atoms with E-state index < -0.39 is 0 Å². The summed E-state index contributed by atoms with van der Waals surface area (Å²) in [6.07, 6.45) is 7.37. The van der Waals surface area contributed by atoms with Crippen molar-refractivity contribution in [1.29, 1.82) is 0 Å². The van der Waals surface area contributed by atoms with Crippen molar-refractivity contribution in [2.75, 3.05) is 0 Å². The Bertz CT molecular complexity index is 349. The van der Waals surface area contributed by atoms with E-state index in [9.17, 15) is 0 Å². The Hall–Kier alpha value is 0.140. The fraction of sp³-hybridized carbons (Fsp3) is 0.692. The van der Waals surface area contributed by atoms with Crippen LogP contribution in [0.15, 0.2) is 15.9 Å². The molecule has 16 heavy (non-hydrogen) atoms. The fourth-order valence-electron chi connectivity index (χ4n) is 2.58. The SMILES string of the molecule is CC1CCCC(N)(Cc2cc(Br)cs2)CC1. The molecule has 2 N–H and O–H groups in total. The number of nitrogens with two attached hydrogens (primary N) is 1. The summed E-state index contributed by atoms with van der Waals surface area (Å²) in [6, 6.07) is 2.22. The molecular formula is C13H20BrNS. The molecule has 1 nitrogen and oxygen atoms in total. The number of hydrogen-bond acceptors (Lipinski definition) is 2. The Balaban J connectivity index is 2.01. The summed E-state index contributed by atoms with van der Waals surface area (Å²) in [5, 5.41) is 2.15. The van der Waals surface area contributed by atoms with Crippen LogP contribution in [0.5, 0.6) is 0 Å². The summed E-state index contributed by atoms with van der Waals surface area (Å²) >= 11 is 5.33. The van der Waals surface area contributed by atoms with Crippen molar-refractivity contribution < 1.29 is 0 Å². The molecule has 0 spiro atoms. The molecule has 1 aromatic rings. The predicted octanol–water partition coefficient (Wildman–Crippen LogP) is 4.35. The molecule has 2 rings (SSSR count). The largest absolute Gasteiger partial charge is 0.325 e. The van der Waals surface area contributed by atoms with Gasteiger partial charge in [-0.05, 0) is 53.6 Å². The minimum Gasteiger partial charge on any atom is -0.325 e. The van der Waals surface area contributed by atoms with Crippen molar-refractivity contribution in [3.8, 4) is 0 Å². The van der Waals surface area contributed by atoms with Gasteiger partial charge in [0.15, 0.2) is 0 Å². The van der Waals surface area contributed by atoms with Crippen LogP contribution in [0.25, 0.3) is 0 Å². The molecule has 1 heterocycles. The molecule has 2 atom stereocenters. The smallest absolute Gasteiger partial charge is 0.0285 e. The number of thiophene rings is 1. The third-order valence-corrected chi connectivity index (χ3v) is 5.35. The molecule has 3 heteroatoms. The molecule has 2 unspecified atom stereocenters. The predicted molar refractivity (Wildman–Crippen MR) is 74.9 cm³/mol. The summed E-state index contributed by atoms with van der Waals surface area (Å²) in [7, 11) is 0. The van der Waals surface area contributed by atoms with Gasteiger partial charge >= 0.3 is 0 Å². The average Bonchev–Trinajstić information content (AvgIpc) is 2.53. The van der Waals surface area contributed by atoms with E-state index in [1.165, 1.54) is 41.5 Å². The minimum atomic E-state index is 0.0506. The topological polar surface area (TPSA) is 26.0 Å². The van der Waals surface area contributed by atoms with Crippen molar-refractivity contribution in [3.63, 3.8) is 0 Å². The second-order valence-corrected chi connectivity index (χ2v) is 7.22. The Kier molecular flexibility index (Phi) is 4.09.